The van der Waals surface area contributed by atoms with Crippen LogP contribution in [0.15, 0.2) is 60.9 Å². The number of aromatic nitrogens is 4. The van der Waals surface area contributed by atoms with Crippen molar-refractivity contribution in [2.75, 3.05) is 31.9 Å². The lowest BCUT2D eigenvalue weighted by Gasteiger charge is -2.32. The number of halogens is 1. The van der Waals surface area contributed by atoms with Gasteiger partial charge in [0.1, 0.15) is 11.6 Å². The van der Waals surface area contributed by atoms with Crippen LogP contribution >= 0.6 is 0 Å². The Hall–Kier alpha value is -4.91. The predicted molar refractivity (Wildman–Crippen MR) is 152 cm³/mol. The number of fused-ring (bicyclic) bond motifs is 1. The number of piperidine rings is 1. The first-order chi connectivity index (χ1) is 20.2. The third kappa shape index (κ3) is 8.07. The van der Waals surface area contributed by atoms with E-state index in [2.05, 4.69) is 30.8 Å². The molecule has 220 valence electrons. The van der Waals surface area contributed by atoms with Crippen LogP contribution in [0.2, 0.25) is 0 Å². The van der Waals surface area contributed by atoms with Crippen LogP contribution in [0.25, 0.3) is 11.0 Å². The standard InChI is InChI=1S/C27H30FN7O.C2H2O4/c28-21-7-5-20(6-8-21)18-35-23-4-2-1-3-22(23)33-24(35)17-19-9-14-34(15-10-19)16-13-32-27(36)25-26(29)31-12-11-30-25;3-1(4)2(5)6/h1-8,11-12,19H,9-10,13-18H2,(H2,29,31)(H,32,36);(H,3,4)(H,5,6). The van der Waals surface area contributed by atoms with Crippen molar-refractivity contribution in [3.63, 3.8) is 0 Å². The molecule has 5 rings (SSSR count). The van der Waals surface area contributed by atoms with Gasteiger partial charge >= 0.3 is 11.9 Å². The third-order valence-corrected chi connectivity index (χ3v) is 7.00. The van der Waals surface area contributed by atoms with Gasteiger partial charge < -0.3 is 30.7 Å². The number of imidazole rings is 1. The molecule has 5 N–H and O–H groups in total. The number of carbonyl (C=O) groups excluding carboxylic acids is 1. The van der Waals surface area contributed by atoms with E-state index in [1.807, 2.05) is 30.3 Å². The fraction of sp³-hybridized carbons (Fsp3) is 0.310. The normalized spacial score (nSPS) is 13.7. The van der Waals surface area contributed by atoms with Gasteiger partial charge in [-0.1, -0.05) is 24.3 Å². The molecule has 2 aromatic heterocycles. The molecule has 0 radical (unpaired) electrons. The van der Waals surface area contributed by atoms with Gasteiger partial charge in [0, 0.05) is 38.4 Å². The minimum absolute atomic E-state index is 0.140. The Morgan fingerprint density at radius 1 is 0.976 bits per heavy atom. The molecule has 0 unspecified atom stereocenters. The number of nitrogen functional groups attached to an aromatic ring is 1. The Bertz CT molecular complexity index is 1520. The maximum absolute atomic E-state index is 13.4. The Kier molecular flexibility index (Phi) is 10.1. The number of aliphatic carboxylic acids is 2. The molecule has 1 amide bonds. The van der Waals surface area contributed by atoms with Crippen molar-refractivity contribution in [3.05, 3.63) is 83.8 Å². The molecule has 1 saturated heterocycles. The van der Waals surface area contributed by atoms with Crippen LogP contribution in [-0.2, 0) is 22.6 Å². The fourth-order valence-corrected chi connectivity index (χ4v) is 4.84. The number of nitrogens with zero attached hydrogens (tertiary/aromatic N) is 5. The lowest BCUT2D eigenvalue weighted by atomic mass is 9.93. The van der Waals surface area contributed by atoms with Crippen LogP contribution in [0, 0.1) is 11.7 Å². The van der Waals surface area contributed by atoms with Crippen LogP contribution in [0.3, 0.4) is 0 Å². The van der Waals surface area contributed by atoms with Crippen molar-refractivity contribution in [2.45, 2.75) is 25.8 Å². The smallest absolute Gasteiger partial charge is 0.414 e. The second-order valence-corrected chi connectivity index (χ2v) is 9.87. The number of anilines is 1. The van der Waals surface area contributed by atoms with Crippen molar-refractivity contribution < 1.29 is 29.0 Å². The minimum atomic E-state index is -1.82. The molecule has 1 aliphatic rings. The first kappa shape index (κ1) is 30.1. The first-order valence-corrected chi connectivity index (χ1v) is 13.4. The summed E-state index contributed by atoms with van der Waals surface area (Å²) in [7, 11) is 0. The van der Waals surface area contributed by atoms with Crippen molar-refractivity contribution in [2.24, 2.45) is 5.92 Å². The number of rotatable bonds is 8. The summed E-state index contributed by atoms with van der Waals surface area (Å²) in [6.45, 7) is 3.94. The number of hydrogen-bond donors (Lipinski definition) is 4. The molecule has 1 fully saturated rings. The molecule has 0 bridgehead atoms. The average molecular weight is 578 g/mol. The van der Waals surface area contributed by atoms with Crippen molar-refractivity contribution >= 4 is 34.7 Å². The highest BCUT2D eigenvalue weighted by Gasteiger charge is 2.22. The van der Waals surface area contributed by atoms with E-state index in [0.717, 1.165) is 61.3 Å². The van der Waals surface area contributed by atoms with Crippen LogP contribution < -0.4 is 11.1 Å². The largest absolute Gasteiger partial charge is 0.473 e. The molecular formula is C29H32FN7O5. The summed E-state index contributed by atoms with van der Waals surface area (Å²) in [4.78, 5) is 45.7. The van der Waals surface area contributed by atoms with E-state index in [1.54, 1.807) is 0 Å². The van der Waals surface area contributed by atoms with E-state index in [-0.39, 0.29) is 23.2 Å². The van der Waals surface area contributed by atoms with Gasteiger partial charge in [0.25, 0.3) is 5.91 Å². The van der Waals surface area contributed by atoms with Gasteiger partial charge in [-0.3, -0.25) is 4.79 Å². The zero-order chi connectivity index (χ0) is 30.1. The van der Waals surface area contributed by atoms with E-state index >= 15 is 0 Å². The lowest BCUT2D eigenvalue weighted by molar-refractivity contribution is -0.159. The van der Waals surface area contributed by atoms with Crippen LogP contribution in [-0.4, -0.2) is 78.7 Å². The molecule has 3 heterocycles. The molecule has 4 aromatic rings. The molecule has 0 saturated carbocycles. The third-order valence-electron chi connectivity index (χ3n) is 7.00. The number of likely N-dealkylation sites (tertiary alicyclic amines) is 1. The summed E-state index contributed by atoms with van der Waals surface area (Å²) in [6.07, 6.45) is 5.99. The molecule has 2 aromatic carbocycles. The summed E-state index contributed by atoms with van der Waals surface area (Å²) in [6, 6.07) is 14.9. The van der Waals surface area contributed by atoms with Crippen molar-refractivity contribution in [1.29, 1.82) is 0 Å². The monoisotopic (exact) mass is 577 g/mol. The van der Waals surface area contributed by atoms with E-state index in [9.17, 15) is 9.18 Å². The number of para-hydroxylation sites is 2. The number of carboxylic acids is 2. The topological polar surface area (TPSA) is 177 Å². The number of hydrogen-bond acceptors (Lipinski definition) is 8. The Labute approximate surface area is 241 Å². The SMILES string of the molecule is Nc1nccnc1C(=O)NCCN1CCC(Cc2nc3ccccc3n2Cc2ccc(F)cc2)CC1.O=C(O)C(=O)O. The summed E-state index contributed by atoms with van der Waals surface area (Å²) < 4.78 is 15.7. The van der Waals surface area contributed by atoms with Gasteiger partial charge in [0.15, 0.2) is 11.5 Å². The van der Waals surface area contributed by atoms with Crippen molar-refractivity contribution in [3.8, 4) is 0 Å². The highest BCUT2D eigenvalue weighted by atomic mass is 19.1. The average Bonchev–Trinajstić information content (AvgIpc) is 3.32. The summed E-state index contributed by atoms with van der Waals surface area (Å²) in [5.74, 6) is -2.41. The lowest BCUT2D eigenvalue weighted by Crippen LogP contribution is -2.40. The maximum atomic E-state index is 13.4. The van der Waals surface area contributed by atoms with Crippen LogP contribution in [0.4, 0.5) is 10.2 Å². The highest BCUT2D eigenvalue weighted by molar-refractivity contribution is 6.27. The van der Waals surface area contributed by atoms with Crippen LogP contribution in [0.5, 0.6) is 0 Å². The summed E-state index contributed by atoms with van der Waals surface area (Å²) in [5, 5.41) is 17.7. The second kappa shape index (κ2) is 14.1. The summed E-state index contributed by atoms with van der Waals surface area (Å²) in [5.41, 5.74) is 9.05. The molecule has 0 spiro atoms. The number of amides is 1. The molecule has 1 aliphatic heterocycles. The number of carboxylic acid groups (broad SMARTS) is 2. The second-order valence-electron chi connectivity index (χ2n) is 9.87. The van der Waals surface area contributed by atoms with E-state index in [0.29, 0.717) is 19.0 Å². The highest BCUT2D eigenvalue weighted by Crippen LogP contribution is 2.25. The van der Waals surface area contributed by atoms with Gasteiger partial charge in [0.2, 0.25) is 0 Å². The Morgan fingerprint density at radius 3 is 2.31 bits per heavy atom. The van der Waals surface area contributed by atoms with Crippen molar-refractivity contribution in [1.82, 2.24) is 29.7 Å². The van der Waals surface area contributed by atoms with Gasteiger partial charge in [-0.2, -0.15) is 0 Å². The van der Waals surface area contributed by atoms with Gasteiger partial charge in [-0.05, 0) is 61.7 Å². The van der Waals surface area contributed by atoms with E-state index in [4.69, 9.17) is 30.5 Å². The zero-order valence-electron chi connectivity index (χ0n) is 22.8. The van der Waals surface area contributed by atoms with E-state index < -0.39 is 11.9 Å². The molecule has 42 heavy (non-hydrogen) atoms. The van der Waals surface area contributed by atoms with Crippen LogP contribution in [0.1, 0.15) is 34.7 Å². The van der Waals surface area contributed by atoms with Gasteiger partial charge in [0.05, 0.1) is 11.0 Å². The number of carbonyl (C=O) groups is 3. The Morgan fingerprint density at radius 2 is 1.64 bits per heavy atom. The quantitative estimate of drug-likeness (QED) is 0.228. The molecule has 12 nitrogen and oxygen atoms in total. The Balaban J connectivity index is 0.000000612. The fourth-order valence-electron chi connectivity index (χ4n) is 4.84. The van der Waals surface area contributed by atoms with E-state index in [1.165, 1.54) is 24.5 Å². The minimum Gasteiger partial charge on any atom is -0.473 e. The number of nitrogens with one attached hydrogen (secondary N) is 1. The van der Waals surface area contributed by atoms with Gasteiger partial charge in [-0.15, -0.1) is 0 Å². The molecule has 0 aliphatic carbocycles. The maximum Gasteiger partial charge on any atom is 0.414 e. The van der Waals surface area contributed by atoms with Gasteiger partial charge in [-0.25, -0.2) is 28.9 Å². The molecule has 13 heteroatoms. The first-order valence-electron chi connectivity index (χ1n) is 13.4. The summed E-state index contributed by atoms with van der Waals surface area (Å²) >= 11 is 0. The number of benzene rings is 2. The zero-order valence-corrected chi connectivity index (χ0v) is 22.8. The molecule has 0 atom stereocenters. The molecular weight excluding hydrogens is 545 g/mol. The number of nitrogens with two attached hydrogens (primary N) is 1. The predicted octanol–water partition coefficient (Wildman–Crippen LogP) is 2.44.